The Bertz CT molecular complexity index is 1650. The molecule has 6 rings (SSSR count). The number of aromatic nitrogens is 6. The van der Waals surface area contributed by atoms with Crippen molar-refractivity contribution in [2.45, 2.75) is 44.1 Å². The van der Waals surface area contributed by atoms with Crippen LogP contribution in [0.3, 0.4) is 0 Å². The van der Waals surface area contributed by atoms with Gasteiger partial charge in [0.2, 0.25) is 5.89 Å². The van der Waals surface area contributed by atoms with Crippen LogP contribution in [0.1, 0.15) is 30.4 Å². The van der Waals surface area contributed by atoms with Crippen molar-refractivity contribution < 1.29 is 22.7 Å². The summed E-state index contributed by atoms with van der Waals surface area (Å²) < 4.78 is 51.4. The monoisotopic (exact) mass is 537 g/mol. The Morgan fingerprint density at radius 1 is 1.13 bits per heavy atom. The van der Waals surface area contributed by atoms with Crippen LogP contribution in [0, 0.1) is 0 Å². The van der Waals surface area contributed by atoms with Gasteiger partial charge in [-0.1, -0.05) is 12.1 Å². The Balaban J connectivity index is 1.39. The van der Waals surface area contributed by atoms with Gasteiger partial charge in [0.15, 0.2) is 11.4 Å². The van der Waals surface area contributed by atoms with Gasteiger partial charge in [-0.2, -0.15) is 18.3 Å². The first-order valence-electron chi connectivity index (χ1n) is 12.6. The summed E-state index contributed by atoms with van der Waals surface area (Å²) in [4.78, 5) is 4.45. The minimum Gasteiger partial charge on any atom is -0.435 e. The number of alkyl halides is 3. The molecule has 0 radical (unpaired) electrons. The van der Waals surface area contributed by atoms with E-state index < -0.39 is 17.8 Å². The fourth-order valence-electron chi connectivity index (χ4n) is 5.22. The highest BCUT2D eigenvalue weighted by atomic mass is 19.4. The number of aliphatic hydroxyl groups excluding tert-OH is 1. The minimum atomic E-state index is -4.63. The lowest BCUT2D eigenvalue weighted by Gasteiger charge is -2.17. The molecule has 3 aromatic heterocycles. The van der Waals surface area contributed by atoms with Crippen LogP contribution >= 0.6 is 0 Å². The summed E-state index contributed by atoms with van der Waals surface area (Å²) >= 11 is 0. The summed E-state index contributed by atoms with van der Waals surface area (Å²) in [6.45, 7) is 0.184. The highest BCUT2D eigenvalue weighted by molar-refractivity contribution is 5.83. The summed E-state index contributed by atoms with van der Waals surface area (Å²) in [5, 5.41) is 25.8. The molecule has 39 heavy (non-hydrogen) atoms. The van der Waals surface area contributed by atoms with Gasteiger partial charge in [0.1, 0.15) is 17.4 Å². The molecule has 2 atom stereocenters. The molecule has 0 unspecified atom stereocenters. The van der Waals surface area contributed by atoms with E-state index in [1.54, 1.807) is 53.1 Å². The molecule has 1 aliphatic rings. The number of fused-ring (bicyclic) bond motifs is 1. The fraction of sp³-hybridized carbons (Fsp3) is 0.333. The van der Waals surface area contributed by atoms with Crippen molar-refractivity contribution in [2.24, 2.45) is 14.1 Å². The number of hydrogen-bond acceptors (Lipinski definition) is 7. The highest BCUT2D eigenvalue weighted by Gasteiger charge is 2.36. The fourth-order valence-corrected chi connectivity index (χ4v) is 5.22. The lowest BCUT2D eigenvalue weighted by molar-refractivity contribution is -0.136. The number of hydrogen-bond donors (Lipinski definition) is 2. The second kappa shape index (κ2) is 9.62. The van der Waals surface area contributed by atoms with Crippen molar-refractivity contribution in [2.75, 3.05) is 0 Å². The van der Waals surface area contributed by atoms with E-state index in [0.29, 0.717) is 23.4 Å². The normalized spacial score (nSPS) is 17.9. The molecule has 0 amide bonds. The maximum atomic E-state index is 14.0. The summed E-state index contributed by atoms with van der Waals surface area (Å²) in [5.74, 6) is 0.711. The van der Waals surface area contributed by atoms with Gasteiger partial charge in [0.25, 0.3) is 0 Å². The van der Waals surface area contributed by atoms with Crippen LogP contribution in [-0.2, 0) is 26.8 Å². The van der Waals surface area contributed by atoms with Crippen molar-refractivity contribution >= 4 is 11.1 Å². The molecule has 1 saturated carbocycles. The maximum absolute atomic E-state index is 14.0. The Kier molecular flexibility index (Phi) is 6.23. The van der Waals surface area contributed by atoms with E-state index in [4.69, 9.17) is 4.42 Å². The molecule has 5 aromatic rings. The zero-order valence-corrected chi connectivity index (χ0v) is 21.3. The van der Waals surface area contributed by atoms with Crippen LogP contribution in [0.5, 0.6) is 0 Å². The van der Waals surface area contributed by atoms with Crippen LogP contribution in [0.15, 0.2) is 53.3 Å². The number of oxazole rings is 1. The standard InChI is InChI=1S/C27H26F3N7O2/c1-36-14-32-35-25(36)18-13-33-37(2)23(18)16-5-3-6-17(11-16)26-34-21-10-15(12-31-20-7-4-8-22(20)38)9-19(24(21)39-26)27(28,29)30/h3,5-6,9-11,13-14,20,22,31,38H,4,7-8,12H2,1-2H3/t20-,22-/m0/s1. The Labute approximate surface area is 221 Å². The number of nitrogens with zero attached hydrogens (tertiary/aromatic N) is 6. The Hall–Kier alpha value is -4.03. The molecule has 0 saturated heterocycles. The third-order valence-corrected chi connectivity index (χ3v) is 7.18. The molecule has 1 fully saturated rings. The Morgan fingerprint density at radius 2 is 1.95 bits per heavy atom. The number of aryl methyl sites for hydroxylation is 2. The zero-order chi connectivity index (χ0) is 27.3. The van der Waals surface area contributed by atoms with Crippen LogP contribution in [0.2, 0.25) is 0 Å². The number of nitrogens with one attached hydrogen (secondary N) is 1. The van der Waals surface area contributed by atoms with Crippen molar-refractivity contribution in [3.8, 4) is 34.1 Å². The number of aliphatic hydroxyl groups is 1. The Morgan fingerprint density at radius 3 is 2.67 bits per heavy atom. The summed E-state index contributed by atoms with van der Waals surface area (Å²) in [5.41, 5.74) is 2.17. The topological polar surface area (TPSA) is 107 Å². The van der Waals surface area contributed by atoms with E-state index in [2.05, 4.69) is 25.6 Å². The van der Waals surface area contributed by atoms with Gasteiger partial charge in [-0.05, 0) is 49.1 Å². The first kappa shape index (κ1) is 25.3. The van der Waals surface area contributed by atoms with E-state index in [9.17, 15) is 18.3 Å². The predicted octanol–water partition coefficient (Wildman–Crippen LogP) is 4.71. The highest BCUT2D eigenvalue weighted by Crippen LogP contribution is 2.39. The van der Waals surface area contributed by atoms with Gasteiger partial charge in [-0.25, -0.2) is 4.98 Å². The van der Waals surface area contributed by atoms with Crippen molar-refractivity contribution in [1.82, 2.24) is 34.8 Å². The summed E-state index contributed by atoms with van der Waals surface area (Å²) in [7, 11) is 3.63. The van der Waals surface area contributed by atoms with E-state index in [1.807, 2.05) is 13.1 Å². The molecule has 0 bridgehead atoms. The zero-order valence-electron chi connectivity index (χ0n) is 21.3. The molecular formula is C27H26F3N7O2. The SMILES string of the molecule is Cn1cnnc1-c1cnn(C)c1-c1cccc(-c2nc3cc(CN[C@H]4CCC[C@@H]4O)cc(C(F)(F)F)c3o2)c1. The minimum absolute atomic E-state index is 0.0797. The quantitative estimate of drug-likeness (QED) is 0.323. The van der Waals surface area contributed by atoms with Crippen LogP contribution in [-0.4, -0.2) is 46.8 Å². The molecule has 0 aliphatic heterocycles. The molecular weight excluding hydrogens is 511 g/mol. The first-order valence-corrected chi connectivity index (χ1v) is 12.6. The average Bonchev–Trinajstić information content (AvgIpc) is 3.69. The number of halogens is 3. The molecule has 0 spiro atoms. The average molecular weight is 538 g/mol. The maximum Gasteiger partial charge on any atom is 0.420 e. The summed E-state index contributed by atoms with van der Waals surface area (Å²) in [6.07, 6.45) is 0.537. The first-order chi connectivity index (χ1) is 18.7. The molecule has 1 aliphatic carbocycles. The molecule has 3 heterocycles. The molecule has 2 N–H and O–H groups in total. The third-order valence-electron chi connectivity index (χ3n) is 7.18. The second-order valence-corrected chi connectivity index (χ2v) is 9.87. The predicted molar refractivity (Wildman–Crippen MR) is 137 cm³/mol. The van der Waals surface area contributed by atoms with E-state index >= 15 is 0 Å². The molecule has 9 nitrogen and oxygen atoms in total. The van der Waals surface area contributed by atoms with Gasteiger partial charge < -0.3 is 19.4 Å². The van der Waals surface area contributed by atoms with E-state index in [-0.39, 0.29) is 29.6 Å². The van der Waals surface area contributed by atoms with Gasteiger partial charge in [0.05, 0.1) is 23.6 Å². The lowest BCUT2D eigenvalue weighted by atomic mass is 10.0. The third kappa shape index (κ3) is 4.70. The van der Waals surface area contributed by atoms with Crippen LogP contribution in [0.25, 0.3) is 45.2 Å². The van der Waals surface area contributed by atoms with Gasteiger partial charge in [-0.15, -0.1) is 10.2 Å². The smallest absolute Gasteiger partial charge is 0.420 e. The van der Waals surface area contributed by atoms with Gasteiger partial charge >= 0.3 is 6.18 Å². The largest absolute Gasteiger partial charge is 0.435 e. The van der Waals surface area contributed by atoms with Crippen molar-refractivity contribution in [1.29, 1.82) is 0 Å². The number of benzene rings is 2. The van der Waals surface area contributed by atoms with Crippen LogP contribution in [0.4, 0.5) is 13.2 Å². The van der Waals surface area contributed by atoms with E-state index in [0.717, 1.165) is 35.7 Å². The molecule has 12 heteroatoms. The molecule has 2 aromatic carbocycles. The second-order valence-electron chi connectivity index (χ2n) is 9.87. The van der Waals surface area contributed by atoms with Gasteiger partial charge in [-0.3, -0.25) is 4.68 Å². The van der Waals surface area contributed by atoms with E-state index in [1.165, 1.54) is 0 Å². The van der Waals surface area contributed by atoms with Crippen molar-refractivity contribution in [3.05, 3.63) is 60.0 Å². The van der Waals surface area contributed by atoms with Crippen molar-refractivity contribution in [3.63, 3.8) is 0 Å². The molecule has 202 valence electrons. The van der Waals surface area contributed by atoms with Crippen LogP contribution < -0.4 is 5.32 Å². The number of rotatable bonds is 6. The summed E-state index contributed by atoms with van der Waals surface area (Å²) in [6, 6.07) is 9.77. The lowest BCUT2D eigenvalue weighted by Crippen LogP contribution is -2.35. The van der Waals surface area contributed by atoms with Gasteiger partial charge in [0, 0.05) is 37.8 Å².